The summed E-state index contributed by atoms with van der Waals surface area (Å²) in [6, 6.07) is 0. The first kappa shape index (κ1) is 13.3. The highest BCUT2D eigenvalue weighted by Crippen LogP contribution is 2.26. The Hall–Kier alpha value is -0.770. The Kier molecular flexibility index (Phi) is 5.60. The Morgan fingerprint density at radius 1 is 1.31 bits per heavy atom. The van der Waals surface area contributed by atoms with Crippen LogP contribution in [-0.4, -0.2) is 38.8 Å². The molecule has 94 valence electrons. The minimum Gasteiger partial charge on any atom is -0.380 e. The molecule has 4 heteroatoms. The molecule has 0 amide bonds. The monoisotopic (exact) mass is 227 g/mol. The van der Waals surface area contributed by atoms with E-state index < -0.39 is 0 Å². The molecule has 0 bridgehead atoms. The van der Waals surface area contributed by atoms with Crippen LogP contribution in [0.15, 0.2) is 4.99 Å². The maximum atomic E-state index is 5.22. The first-order chi connectivity index (χ1) is 7.70. The number of guanidine groups is 1. The van der Waals surface area contributed by atoms with Crippen LogP contribution in [0.2, 0.25) is 0 Å². The summed E-state index contributed by atoms with van der Waals surface area (Å²) in [7, 11) is 0. The third-order valence-corrected chi connectivity index (χ3v) is 2.69. The van der Waals surface area contributed by atoms with Crippen LogP contribution in [-0.2, 0) is 4.74 Å². The highest BCUT2D eigenvalue weighted by Gasteiger charge is 2.33. The van der Waals surface area contributed by atoms with E-state index in [0.29, 0.717) is 0 Å². The van der Waals surface area contributed by atoms with Gasteiger partial charge >= 0.3 is 0 Å². The van der Waals surface area contributed by atoms with Crippen LogP contribution in [0.5, 0.6) is 0 Å². The van der Waals surface area contributed by atoms with Crippen LogP contribution in [0.1, 0.15) is 33.6 Å². The Bertz CT molecular complexity index is 224. The first-order valence-electron chi connectivity index (χ1n) is 6.30. The summed E-state index contributed by atoms with van der Waals surface area (Å²) in [6.45, 7) is 10.9. The zero-order chi connectivity index (χ0) is 11.9. The molecule has 0 saturated carbocycles. The van der Waals surface area contributed by atoms with Crippen molar-refractivity contribution in [3.05, 3.63) is 0 Å². The largest absolute Gasteiger partial charge is 0.380 e. The number of ether oxygens (including phenoxy) is 1. The molecule has 4 nitrogen and oxygen atoms in total. The molecule has 1 rings (SSSR count). The molecule has 1 heterocycles. The second kappa shape index (κ2) is 6.74. The van der Waals surface area contributed by atoms with E-state index >= 15 is 0 Å². The topological polar surface area (TPSA) is 45.7 Å². The standard InChI is InChI=1S/C12H25N3O/c1-4-6-7-14-11(13-5-2)15-8-12(3)9-16-10-12/h4-10H2,1-3H3,(H2,13,14,15). The molecule has 16 heavy (non-hydrogen) atoms. The van der Waals surface area contributed by atoms with Gasteiger partial charge in [-0.1, -0.05) is 20.3 Å². The highest BCUT2D eigenvalue weighted by atomic mass is 16.5. The first-order valence-corrected chi connectivity index (χ1v) is 6.30. The smallest absolute Gasteiger partial charge is 0.191 e. The second-order valence-corrected chi connectivity index (χ2v) is 4.78. The molecule has 1 saturated heterocycles. The number of rotatable bonds is 6. The van der Waals surface area contributed by atoms with Crippen molar-refractivity contribution in [1.82, 2.24) is 10.6 Å². The maximum Gasteiger partial charge on any atom is 0.191 e. The number of unbranched alkanes of at least 4 members (excludes halogenated alkanes) is 1. The van der Waals surface area contributed by atoms with Crippen molar-refractivity contribution in [2.75, 3.05) is 32.8 Å². The maximum absolute atomic E-state index is 5.22. The number of aliphatic imine (C=N–C) groups is 1. The average molecular weight is 227 g/mol. The van der Waals surface area contributed by atoms with Gasteiger partial charge in [0.25, 0.3) is 0 Å². The predicted molar refractivity (Wildman–Crippen MR) is 67.8 cm³/mol. The van der Waals surface area contributed by atoms with E-state index in [4.69, 9.17) is 4.74 Å². The van der Waals surface area contributed by atoms with Crippen LogP contribution >= 0.6 is 0 Å². The molecule has 0 aromatic rings. The molecule has 1 fully saturated rings. The van der Waals surface area contributed by atoms with Gasteiger partial charge in [0.05, 0.1) is 19.8 Å². The Morgan fingerprint density at radius 3 is 2.56 bits per heavy atom. The Balaban J connectivity index is 2.32. The molecule has 0 aromatic heterocycles. The van der Waals surface area contributed by atoms with Gasteiger partial charge in [0.1, 0.15) is 0 Å². The summed E-state index contributed by atoms with van der Waals surface area (Å²) >= 11 is 0. The van der Waals surface area contributed by atoms with Crippen molar-refractivity contribution in [1.29, 1.82) is 0 Å². The molecule has 0 aromatic carbocycles. The summed E-state index contributed by atoms with van der Waals surface area (Å²) in [5, 5.41) is 6.60. The van der Waals surface area contributed by atoms with E-state index in [0.717, 1.165) is 38.8 Å². The third-order valence-electron chi connectivity index (χ3n) is 2.69. The molecule has 1 aliphatic rings. The van der Waals surface area contributed by atoms with E-state index in [-0.39, 0.29) is 5.41 Å². The molecular formula is C12H25N3O. The lowest BCUT2D eigenvalue weighted by Gasteiger charge is -2.36. The van der Waals surface area contributed by atoms with Gasteiger partial charge in [0.2, 0.25) is 0 Å². The highest BCUT2D eigenvalue weighted by molar-refractivity contribution is 5.79. The molecule has 1 aliphatic heterocycles. The fraction of sp³-hybridized carbons (Fsp3) is 0.917. The van der Waals surface area contributed by atoms with Gasteiger partial charge in [-0.2, -0.15) is 0 Å². The lowest BCUT2D eigenvalue weighted by Crippen LogP contribution is -2.44. The molecule has 0 aliphatic carbocycles. The zero-order valence-corrected chi connectivity index (χ0v) is 10.8. The van der Waals surface area contributed by atoms with Gasteiger partial charge in [0, 0.05) is 18.5 Å². The van der Waals surface area contributed by atoms with Crippen molar-refractivity contribution in [2.45, 2.75) is 33.6 Å². The zero-order valence-electron chi connectivity index (χ0n) is 10.8. The lowest BCUT2D eigenvalue weighted by atomic mass is 9.89. The van der Waals surface area contributed by atoms with Gasteiger partial charge in [-0.25, -0.2) is 0 Å². The van der Waals surface area contributed by atoms with Crippen LogP contribution < -0.4 is 10.6 Å². The SMILES string of the molecule is CCCCNC(=NCC1(C)COC1)NCC. The van der Waals surface area contributed by atoms with E-state index in [1.54, 1.807) is 0 Å². The van der Waals surface area contributed by atoms with Gasteiger partial charge in [-0.15, -0.1) is 0 Å². The van der Waals surface area contributed by atoms with Crippen LogP contribution in [0.3, 0.4) is 0 Å². The van der Waals surface area contributed by atoms with Crippen molar-refractivity contribution in [2.24, 2.45) is 10.4 Å². The molecule has 0 atom stereocenters. The number of hydrogen-bond acceptors (Lipinski definition) is 2. The number of hydrogen-bond donors (Lipinski definition) is 2. The van der Waals surface area contributed by atoms with Crippen molar-refractivity contribution < 1.29 is 4.74 Å². The summed E-state index contributed by atoms with van der Waals surface area (Å²) in [6.07, 6.45) is 2.39. The van der Waals surface area contributed by atoms with Crippen molar-refractivity contribution in [3.8, 4) is 0 Å². The van der Waals surface area contributed by atoms with Crippen molar-refractivity contribution >= 4 is 5.96 Å². The molecule has 0 unspecified atom stereocenters. The van der Waals surface area contributed by atoms with Gasteiger partial charge in [-0.05, 0) is 13.3 Å². The van der Waals surface area contributed by atoms with Crippen LogP contribution in [0, 0.1) is 5.41 Å². The van der Waals surface area contributed by atoms with Gasteiger partial charge in [0.15, 0.2) is 5.96 Å². The molecule has 0 radical (unpaired) electrons. The van der Waals surface area contributed by atoms with Crippen LogP contribution in [0.4, 0.5) is 0 Å². The normalized spacial score (nSPS) is 19.1. The second-order valence-electron chi connectivity index (χ2n) is 4.78. The average Bonchev–Trinajstić information content (AvgIpc) is 2.23. The van der Waals surface area contributed by atoms with E-state index in [1.165, 1.54) is 12.8 Å². The minimum atomic E-state index is 0.257. The lowest BCUT2D eigenvalue weighted by molar-refractivity contribution is -0.0945. The fourth-order valence-electron chi connectivity index (χ4n) is 1.54. The van der Waals surface area contributed by atoms with E-state index in [9.17, 15) is 0 Å². The molecule has 2 N–H and O–H groups in total. The van der Waals surface area contributed by atoms with Crippen molar-refractivity contribution in [3.63, 3.8) is 0 Å². The summed E-state index contributed by atoms with van der Waals surface area (Å²) < 4.78 is 5.22. The summed E-state index contributed by atoms with van der Waals surface area (Å²) in [5.74, 6) is 0.934. The Morgan fingerprint density at radius 2 is 2.06 bits per heavy atom. The molecular weight excluding hydrogens is 202 g/mol. The number of nitrogens with one attached hydrogen (secondary N) is 2. The third kappa shape index (κ3) is 4.39. The van der Waals surface area contributed by atoms with Gasteiger partial charge < -0.3 is 15.4 Å². The summed E-state index contributed by atoms with van der Waals surface area (Å²) in [4.78, 5) is 4.59. The van der Waals surface area contributed by atoms with E-state index in [2.05, 4.69) is 36.4 Å². The predicted octanol–water partition coefficient (Wildman–Crippen LogP) is 1.38. The molecule has 0 spiro atoms. The van der Waals surface area contributed by atoms with Crippen LogP contribution in [0.25, 0.3) is 0 Å². The van der Waals surface area contributed by atoms with E-state index in [1.807, 2.05) is 0 Å². The fourth-order valence-corrected chi connectivity index (χ4v) is 1.54. The number of nitrogens with zero attached hydrogens (tertiary/aromatic N) is 1. The minimum absolute atomic E-state index is 0.257. The quantitative estimate of drug-likeness (QED) is 0.409. The van der Waals surface area contributed by atoms with Gasteiger partial charge in [-0.3, -0.25) is 4.99 Å². The Labute approximate surface area is 98.9 Å². The summed E-state index contributed by atoms with van der Waals surface area (Å²) in [5.41, 5.74) is 0.257.